The van der Waals surface area contributed by atoms with Crippen molar-refractivity contribution in [1.29, 1.82) is 0 Å². The number of nitrogens with zero attached hydrogens (tertiary/aromatic N) is 1. The van der Waals surface area contributed by atoms with E-state index in [1.165, 1.54) is 10.4 Å². The minimum atomic E-state index is 0.0839. The molecule has 1 aromatic rings. The number of ether oxygens (including phenoxy) is 1. The lowest BCUT2D eigenvalue weighted by Gasteiger charge is -2.35. The average molecular weight is 294 g/mol. The van der Waals surface area contributed by atoms with Crippen molar-refractivity contribution in [2.45, 2.75) is 32.2 Å². The molecule has 3 heterocycles. The van der Waals surface area contributed by atoms with Crippen molar-refractivity contribution in [2.75, 3.05) is 26.3 Å². The third-order valence-corrected chi connectivity index (χ3v) is 5.30. The Balaban J connectivity index is 1.62. The minimum Gasteiger partial charge on any atom is -0.381 e. The van der Waals surface area contributed by atoms with Crippen molar-refractivity contribution < 1.29 is 9.53 Å². The smallest absolute Gasteiger partial charge is 0.317 e. The molecule has 2 aliphatic heterocycles. The number of fused-ring (bicyclic) bond motifs is 1. The number of hydrogen-bond acceptors (Lipinski definition) is 3. The normalized spacial score (nSPS) is 25.6. The van der Waals surface area contributed by atoms with Crippen molar-refractivity contribution in [2.24, 2.45) is 5.92 Å². The predicted molar refractivity (Wildman–Crippen MR) is 80.1 cm³/mol. The molecule has 0 radical (unpaired) electrons. The molecule has 1 saturated heterocycles. The lowest BCUT2D eigenvalue weighted by atomic mass is 9.98. The van der Waals surface area contributed by atoms with Crippen molar-refractivity contribution >= 4 is 17.4 Å². The lowest BCUT2D eigenvalue weighted by Crippen LogP contribution is -2.46. The fourth-order valence-corrected chi connectivity index (χ4v) is 4.09. The fourth-order valence-electron chi connectivity index (χ4n) is 3.16. The van der Waals surface area contributed by atoms with Crippen LogP contribution in [0.4, 0.5) is 4.79 Å². The summed E-state index contributed by atoms with van der Waals surface area (Å²) in [6, 6.07) is 2.50. The van der Waals surface area contributed by atoms with E-state index in [1.807, 2.05) is 16.2 Å². The Morgan fingerprint density at radius 3 is 3.25 bits per heavy atom. The third kappa shape index (κ3) is 2.69. The molecular formula is C15H22N2O2S. The van der Waals surface area contributed by atoms with Crippen LogP contribution in [-0.4, -0.2) is 37.2 Å². The first-order valence-electron chi connectivity index (χ1n) is 7.48. The van der Waals surface area contributed by atoms with Gasteiger partial charge in [-0.15, -0.1) is 11.3 Å². The zero-order valence-electron chi connectivity index (χ0n) is 11.9. The van der Waals surface area contributed by atoms with Crippen molar-refractivity contribution in [3.63, 3.8) is 0 Å². The van der Waals surface area contributed by atoms with Crippen molar-refractivity contribution in [1.82, 2.24) is 10.2 Å². The van der Waals surface area contributed by atoms with Gasteiger partial charge in [0, 0.05) is 30.5 Å². The fraction of sp³-hybridized carbons (Fsp3) is 0.667. The topological polar surface area (TPSA) is 41.6 Å². The van der Waals surface area contributed by atoms with Gasteiger partial charge < -0.3 is 15.0 Å². The summed E-state index contributed by atoms with van der Waals surface area (Å²) in [5.74, 6) is 0.487. The van der Waals surface area contributed by atoms with E-state index in [1.54, 1.807) is 0 Å². The molecule has 0 saturated carbocycles. The Hall–Kier alpha value is -1.07. The SMILES string of the molecule is CC[C@H]1c2ccsc2CCN1C(=O)NC[C@@H]1CCOC1. The molecule has 1 fully saturated rings. The van der Waals surface area contributed by atoms with Gasteiger partial charge in [0.05, 0.1) is 12.6 Å². The molecule has 1 N–H and O–H groups in total. The predicted octanol–water partition coefficient (Wildman–Crippen LogP) is 2.80. The molecule has 20 heavy (non-hydrogen) atoms. The summed E-state index contributed by atoms with van der Waals surface area (Å²) >= 11 is 1.82. The molecule has 2 amide bonds. The summed E-state index contributed by atoms with van der Waals surface area (Å²) in [6.45, 7) is 5.34. The zero-order chi connectivity index (χ0) is 13.9. The average Bonchev–Trinajstić information content (AvgIpc) is 3.14. The van der Waals surface area contributed by atoms with E-state index in [2.05, 4.69) is 23.7 Å². The van der Waals surface area contributed by atoms with Gasteiger partial charge in [0.25, 0.3) is 0 Å². The van der Waals surface area contributed by atoms with E-state index in [4.69, 9.17) is 4.74 Å². The van der Waals surface area contributed by atoms with E-state index in [0.29, 0.717) is 5.92 Å². The molecule has 0 spiro atoms. The Morgan fingerprint density at radius 1 is 1.60 bits per heavy atom. The summed E-state index contributed by atoms with van der Waals surface area (Å²) in [7, 11) is 0. The molecule has 0 aliphatic carbocycles. The van der Waals surface area contributed by atoms with Crippen LogP contribution in [-0.2, 0) is 11.2 Å². The summed E-state index contributed by atoms with van der Waals surface area (Å²) in [4.78, 5) is 15.9. The van der Waals surface area contributed by atoms with Gasteiger partial charge in [0.15, 0.2) is 0 Å². The molecule has 2 aliphatic rings. The van der Waals surface area contributed by atoms with E-state index >= 15 is 0 Å². The van der Waals surface area contributed by atoms with Gasteiger partial charge in [-0.05, 0) is 36.3 Å². The van der Waals surface area contributed by atoms with Gasteiger partial charge in [-0.3, -0.25) is 0 Å². The highest BCUT2D eigenvalue weighted by Gasteiger charge is 2.30. The highest BCUT2D eigenvalue weighted by molar-refractivity contribution is 7.10. The zero-order valence-corrected chi connectivity index (χ0v) is 12.7. The van der Waals surface area contributed by atoms with Gasteiger partial charge in [0.1, 0.15) is 0 Å². The first-order valence-corrected chi connectivity index (χ1v) is 8.36. The second-order valence-corrected chi connectivity index (χ2v) is 6.58. The summed E-state index contributed by atoms with van der Waals surface area (Å²) in [6.07, 6.45) is 3.03. The Labute approximate surface area is 124 Å². The summed E-state index contributed by atoms with van der Waals surface area (Å²) < 4.78 is 5.35. The molecule has 0 unspecified atom stereocenters. The maximum Gasteiger partial charge on any atom is 0.317 e. The lowest BCUT2D eigenvalue weighted by molar-refractivity contribution is 0.163. The van der Waals surface area contributed by atoms with E-state index < -0.39 is 0 Å². The van der Waals surface area contributed by atoms with E-state index in [0.717, 1.165) is 45.6 Å². The van der Waals surface area contributed by atoms with Gasteiger partial charge in [-0.25, -0.2) is 4.79 Å². The Kier molecular flexibility index (Phi) is 4.27. The summed E-state index contributed by atoms with van der Waals surface area (Å²) in [5.41, 5.74) is 1.35. The maximum atomic E-state index is 12.4. The second kappa shape index (κ2) is 6.14. The molecule has 4 nitrogen and oxygen atoms in total. The van der Waals surface area contributed by atoms with Crippen LogP contribution < -0.4 is 5.32 Å². The van der Waals surface area contributed by atoms with Crippen LogP contribution in [0, 0.1) is 5.92 Å². The van der Waals surface area contributed by atoms with Gasteiger partial charge >= 0.3 is 6.03 Å². The number of rotatable bonds is 3. The molecule has 3 rings (SSSR count). The number of urea groups is 1. The van der Waals surface area contributed by atoms with Crippen LogP contribution in [0.15, 0.2) is 11.4 Å². The molecule has 0 bridgehead atoms. The van der Waals surface area contributed by atoms with Crippen LogP contribution in [0.3, 0.4) is 0 Å². The van der Waals surface area contributed by atoms with Crippen LogP contribution >= 0.6 is 11.3 Å². The molecule has 1 aromatic heterocycles. The first-order chi connectivity index (χ1) is 9.79. The van der Waals surface area contributed by atoms with Crippen molar-refractivity contribution in [3.05, 3.63) is 21.9 Å². The summed E-state index contributed by atoms with van der Waals surface area (Å²) in [5, 5.41) is 5.24. The van der Waals surface area contributed by atoms with Crippen LogP contribution in [0.25, 0.3) is 0 Å². The number of carbonyl (C=O) groups excluding carboxylic acids is 1. The molecular weight excluding hydrogens is 272 g/mol. The third-order valence-electron chi connectivity index (χ3n) is 4.31. The van der Waals surface area contributed by atoms with Crippen LogP contribution in [0.1, 0.15) is 36.2 Å². The number of carbonyl (C=O) groups is 1. The molecule has 110 valence electrons. The quantitative estimate of drug-likeness (QED) is 0.931. The van der Waals surface area contributed by atoms with Crippen molar-refractivity contribution in [3.8, 4) is 0 Å². The van der Waals surface area contributed by atoms with E-state index in [9.17, 15) is 4.79 Å². The number of nitrogens with one attached hydrogen (secondary N) is 1. The number of thiophene rings is 1. The van der Waals surface area contributed by atoms with E-state index in [-0.39, 0.29) is 12.1 Å². The van der Waals surface area contributed by atoms with Gasteiger partial charge in [0.2, 0.25) is 0 Å². The van der Waals surface area contributed by atoms with Gasteiger partial charge in [-0.2, -0.15) is 0 Å². The maximum absolute atomic E-state index is 12.4. The monoisotopic (exact) mass is 294 g/mol. The van der Waals surface area contributed by atoms with Gasteiger partial charge in [-0.1, -0.05) is 6.92 Å². The second-order valence-electron chi connectivity index (χ2n) is 5.58. The molecule has 0 aromatic carbocycles. The van der Waals surface area contributed by atoms with Crippen LogP contribution in [0.5, 0.6) is 0 Å². The first kappa shape index (κ1) is 13.9. The molecule has 2 atom stereocenters. The minimum absolute atomic E-state index is 0.0839. The Bertz CT molecular complexity index is 468. The Morgan fingerprint density at radius 2 is 2.50 bits per heavy atom. The highest BCUT2D eigenvalue weighted by Crippen LogP contribution is 2.35. The number of hydrogen-bond donors (Lipinski definition) is 1. The van der Waals surface area contributed by atoms with Crippen LogP contribution in [0.2, 0.25) is 0 Å². The number of amides is 2. The highest BCUT2D eigenvalue weighted by atomic mass is 32.1. The standard InChI is InChI=1S/C15H22N2O2S/c1-2-13-12-5-8-20-14(12)3-6-17(13)15(18)16-9-11-4-7-19-10-11/h5,8,11,13H,2-4,6-7,9-10H2,1H3,(H,16,18)/t11-,13-/m0/s1. The molecule has 5 heteroatoms. The largest absolute Gasteiger partial charge is 0.381 e.